The molecule has 2 aliphatic rings. The molecular formula is C19H21N3O2. The van der Waals surface area contributed by atoms with Gasteiger partial charge in [0, 0.05) is 37.0 Å². The van der Waals surface area contributed by atoms with Crippen molar-refractivity contribution in [1.29, 1.82) is 0 Å². The molecule has 1 atom stereocenters. The van der Waals surface area contributed by atoms with Gasteiger partial charge < -0.3 is 5.11 Å². The van der Waals surface area contributed by atoms with E-state index in [0.717, 1.165) is 29.9 Å². The highest BCUT2D eigenvalue weighted by molar-refractivity contribution is 5.76. The number of hydrogen-bond donors (Lipinski definition) is 1. The van der Waals surface area contributed by atoms with E-state index < -0.39 is 12.0 Å². The molecule has 124 valence electrons. The van der Waals surface area contributed by atoms with E-state index in [-0.39, 0.29) is 0 Å². The van der Waals surface area contributed by atoms with Crippen LogP contribution in [0.3, 0.4) is 0 Å². The summed E-state index contributed by atoms with van der Waals surface area (Å²) in [7, 11) is 0. The van der Waals surface area contributed by atoms with E-state index in [2.05, 4.69) is 23.0 Å². The highest BCUT2D eigenvalue weighted by Gasteiger charge is 2.33. The van der Waals surface area contributed by atoms with Gasteiger partial charge in [-0.15, -0.1) is 0 Å². The summed E-state index contributed by atoms with van der Waals surface area (Å²) >= 11 is 0. The standard InChI is InChI=1S/C19H21N3O2/c1-12-3-2-4-16-15(12)7-8-22(17(16)19(23)24)11-13-9-20-18(21-10-13)14-5-6-14/h2-4,9-10,14,17H,5-8,11H2,1H3,(H,23,24). The number of fused-ring (bicyclic) bond motifs is 1. The fourth-order valence-corrected chi connectivity index (χ4v) is 3.60. The number of nitrogens with zero attached hydrogens (tertiary/aromatic N) is 3. The smallest absolute Gasteiger partial charge is 0.325 e. The molecule has 4 rings (SSSR count). The summed E-state index contributed by atoms with van der Waals surface area (Å²) in [5.74, 6) is 0.667. The Bertz CT molecular complexity index is 769. The quantitative estimate of drug-likeness (QED) is 0.937. The van der Waals surface area contributed by atoms with Crippen molar-refractivity contribution < 1.29 is 9.90 Å². The lowest BCUT2D eigenvalue weighted by Gasteiger charge is -2.35. The van der Waals surface area contributed by atoms with Crippen molar-refractivity contribution in [2.24, 2.45) is 0 Å². The molecule has 2 aromatic rings. The maximum atomic E-state index is 11.9. The van der Waals surface area contributed by atoms with Crippen molar-refractivity contribution in [3.63, 3.8) is 0 Å². The van der Waals surface area contributed by atoms with Gasteiger partial charge in [-0.1, -0.05) is 18.2 Å². The van der Waals surface area contributed by atoms with Crippen LogP contribution in [0.25, 0.3) is 0 Å². The van der Waals surface area contributed by atoms with Gasteiger partial charge in [-0.25, -0.2) is 9.97 Å². The van der Waals surface area contributed by atoms with E-state index in [4.69, 9.17) is 0 Å². The zero-order valence-corrected chi connectivity index (χ0v) is 13.8. The van der Waals surface area contributed by atoms with Gasteiger partial charge in [-0.05, 0) is 42.9 Å². The third kappa shape index (κ3) is 2.80. The molecular weight excluding hydrogens is 302 g/mol. The number of aliphatic carboxylic acids is 1. The summed E-state index contributed by atoms with van der Waals surface area (Å²) in [5.41, 5.74) is 4.25. The van der Waals surface area contributed by atoms with Crippen molar-refractivity contribution in [2.45, 2.75) is 44.7 Å². The van der Waals surface area contributed by atoms with Gasteiger partial charge in [0.05, 0.1) is 0 Å². The summed E-state index contributed by atoms with van der Waals surface area (Å²) in [6.45, 7) is 3.35. The monoisotopic (exact) mass is 323 g/mol. The van der Waals surface area contributed by atoms with Crippen LogP contribution >= 0.6 is 0 Å². The normalized spacial score (nSPS) is 20.6. The lowest BCUT2D eigenvalue weighted by Crippen LogP contribution is -2.39. The van der Waals surface area contributed by atoms with Crippen LogP contribution in [0.4, 0.5) is 0 Å². The van der Waals surface area contributed by atoms with Gasteiger partial charge in [-0.3, -0.25) is 9.69 Å². The zero-order chi connectivity index (χ0) is 16.7. The molecule has 1 unspecified atom stereocenters. The Balaban J connectivity index is 1.59. The second-order valence-electron chi connectivity index (χ2n) is 6.83. The molecule has 1 fully saturated rings. The first-order chi connectivity index (χ1) is 11.6. The number of carbonyl (C=O) groups is 1. The minimum absolute atomic E-state index is 0.538. The Kier molecular flexibility index (Phi) is 3.81. The number of carboxylic acids is 1. The Labute approximate surface area is 141 Å². The largest absolute Gasteiger partial charge is 0.480 e. The summed E-state index contributed by atoms with van der Waals surface area (Å²) < 4.78 is 0. The Morgan fingerprint density at radius 1 is 1.29 bits per heavy atom. The van der Waals surface area contributed by atoms with Crippen molar-refractivity contribution in [2.75, 3.05) is 6.54 Å². The van der Waals surface area contributed by atoms with Crippen LogP contribution < -0.4 is 0 Å². The lowest BCUT2D eigenvalue weighted by molar-refractivity contribution is -0.144. The van der Waals surface area contributed by atoms with Crippen LogP contribution in [-0.4, -0.2) is 32.5 Å². The van der Waals surface area contributed by atoms with Gasteiger partial charge in [0.25, 0.3) is 0 Å². The van der Waals surface area contributed by atoms with Crippen LogP contribution in [0.2, 0.25) is 0 Å². The van der Waals surface area contributed by atoms with Crippen molar-refractivity contribution >= 4 is 5.97 Å². The SMILES string of the molecule is Cc1cccc2c1CCN(Cc1cnc(C3CC3)nc1)C2C(=O)O. The lowest BCUT2D eigenvalue weighted by atomic mass is 9.89. The first kappa shape index (κ1) is 15.3. The highest BCUT2D eigenvalue weighted by atomic mass is 16.4. The number of rotatable bonds is 4. The molecule has 1 aliphatic heterocycles. The number of benzene rings is 1. The highest BCUT2D eigenvalue weighted by Crippen LogP contribution is 2.38. The number of aromatic nitrogens is 2. The van der Waals surface area contributed by atoms with E-state index in [1.54, 1.807) is 0 Å². The van der Waals surface area contributed by atoms with Gasteiger partial charge in [0.15, 0.2) is 0 Å². The minimum Gasteiger partial charge on any atom is -0.480 e. The molecule has 0 radical (unpaired) electrons. The van der Waals surface area contributed by atoms with E-state index in [1.807, 2.05) is 29.4 Å². The van der Waals surface area contributed by atoms with E-state index in [0.29, 0.717) is 12.5 Å². The molecule has 1 aromatic carbocycles. The van der Waals surface area contributed by atoms with Crippen molar-refractivity contribution in [3.05, 3.63) is 58.7 Å². The minimum atomic E-state index is -0.794. The molecule has 1 aromatic heterocycles. The van der Waals surface area contributed by atoms with Crippen molar-refractivity contribution in [3.8, 4) is 0 Å². The van der Waals surface area contributed by atoms with Crippen LogP contribution in [0.1, 0.15) is 52.9 Å². The Morgan fingerprint density at radius 2 is 2.04 bits per heavy atom. The summed E-state index contributed by atoms with van der Waals surface area (Å²) in [6.07, 6.45) is 6.95. The Hall–Kier alpha value is -2.27. The second kappa shape index (κ2) is 5.98. The fraction of sp³-hybridized carbons (Fsp3) is 0.421. The van der Waals surface area contributed by atoms with E-state index >= 15 is 0 Å². The molecule has 2 heterocycles. The zero-order valence-electron chi connectivity index (χ0n) is 13.8. The van der Waals surface area contributed by atoms with Gasteiger partial charge >= 0.3 is 5.97 Å². The van der Waals surface area contributed by atoms with Gasteiger partial charge in [0.1, 0.15) is 11.9 Å². The van der Waals surface area contributed by atoms with Crippen LogP contribution in [0, 0.1) is 6.92 Å². The maximum absolute atomic E-state index is 11.9. The van der Waals surface area contributed by atoms with Crippen LogP contribution in [0.5, 0.6) is 0 Å². The number of aryl methyl sites for hydroxylation is 1. The average Bonchev–Trinajstić information content (AvgIpc) is 3.40. The summed E-state index contributed by atoms with van der Waals surface area (Å²) in [5, 5.41) is 9.78. The molecule has 5 heteroatoms. The summed E-state index contributed by atoms with van der Waals surface area (Å²) in [4.78, 5) is 22.8. The average molecular weight is 323 g/mol. The van der Waals surface area contributed by atoms with E-state index in [9.17, 15) is 9.90 Å². The first-order valence-electron chi connectivity index (χ1n) is 8.49. The Morgan fingerprint density at radius 3 is 2.71 bits per heavy atom. The fourth-order valence-electron chi connectivity index (χ4n) is 3.60. The van der Waals surface area contributed by atoms with Crippen LogP contribution in [0.15, 0.2) is 30.6 Å². The van der Waals surface area contributed by atoms with Crippen LogP contribution in [-0.2, 0) is 17.8 Å². The maximum Gasteiger partial charge on any atom is 0.325 e. The molecule has 1 N–H and O–H groups in total. The van der Waals surface area contributed by atoms with Crippen molar-refractivity contribution in [1.82, 2.24) is 14.9 Å². The predicted octanol–water partition coefficient (Wildman–Crippen LogP) is 2.85. The predicted molar refractivity (Wildman–Crippen MR) is 89.7 cm³/mol. The van der Waals surface area contributed by atoms with Gasteiger partial charge in [0.2, 0.25) is 0 Å². The molecule has 1 saturated carbocycles. The van der Waals surface area contributed by atoms with E-state index in [1.165, 1.54) is 24.0 Å². The molecule has 0 spiro atoms. The molecule has 1 aliphatic carbocycles. The van der Waals surface area contributed by atoms with Gasteiger partial charge in [-0.2, -0.15) is 0 Å². The molecule has 5 nitrogen and oxygen atoms in total. The molecule has 0 amide bonds. The molecule has 24 heavy (non-hydrogen) atoms. The number of hydrogen-bond acceptors (Lipinski definition) is 4. The second-order valence-corrected chi connectivity index (χ2v) is 6.83. The first-order valence-corrected chi connectivity index (χ1v) is 8.49. The molecule has 0 saturated heterocycles. The molecule has 0 bridgehead atoms. The topological polar surface area (TPSA) is 66.3 Å². The third-order valence-electron chi connectivity index (χ3n) is 5.04. The third-order valence-corrected chi connectivity index (χ3v) is 5.04. The number of carboxylic acid groups (broad SMARTS) is 1. The summed E-state index contributed by atoms with van der Waals surface area (Å²) in [6, 6.07) is 5.34.